The Hall–Kier alpha value is -1.16. The van der Waals surface area contributed by atoms with Gasteiger partial charge < -0.3 is 5.73 Å². The molecule has 3 nitrogen and oxygen atoms in total. The van der Waals surface area contributed by atoms with Crippen LogP contribution in [0.4, 0.5) is 15.8 Å². The molecule has 0 fully saturated rings. The number of nitrogens with zero attached hydrogens (tertiary/aromatic N) is 1. The van der Waals surface area contributed by atoms with E-state index in [0.717, 1.165) is 0 Å². The highest BCUT2D eigenvalue weighted by molar-refractivity contribution is 6.31. The van der Waals surface area contributed by atoms with Gasteiger partial charge in [-0.3, -0.25) is 0 Å². The minimum atomic E-state index is -0.802. The van der Waals surface area contributed by atoms with Crippen LogP contribution in [0.3, 0.4) is 0 Å². The van der Waals surface area contributed by atoms with Gasteiger partial charge in [-0.15, -0.1) is 4.91 Å². The summed E-state index contributed by atoms with van der Waals surface area (Å²) >= 11 is 5.34. The molecule has 0 radical (unpaired) electrons. The first kappa shape index (κ1) is 7.94. The van der Waals surface area contributed by atoms with E-state index in [1.54, 1.807) is 0 Å². The van der Waals surface area contributed by atoms with E-state index >= 15 is 0 Å². The maximum atomic E-state index is 12.7. The number of hydrogen-bond donors (Lipinski definition) is 1. The van der Waals surface area contributed by atoms with Crippen molar-refractivity contribution in [2.24, 2.45) is 5.18 Å². The number of rotatable bonds is 1. The Morgan fingerprint density at radius 3 is 2.73 bits per heavy atom. The van der Waals surface area contributed by atoms with Gasteiger partial charge in [-0.2, -0.15) is 0 Å². The highest BCUT2D eigenvalue weighted by Gasteiger charge is 2.08. The summed E-state index contributed by atoms with van der Waals surface area (Å²) in [4.78, 5) is 9.95. The van der Waals surface area contributed by atoms with Gasteiger partial charge in [-0.1, -0.05) is 11.6 Å². The lowest BCUT2D eigenvalue weighted by atomic mass is 10.2. The van der Waals surface area contributed by atoms with Crippen LogP contribution in [0.15, 0.2) is 17.3 Å². The van der Waals surface area contributed by atoms with E-state index in [1.807, 2.05) is 0 Å². The fourth-order valence-corrected chi connectivity index (χ4v) is 0.801. The fraction of sp³-hybridized carbons (Fsp3) is 0. The number of hydrogen-bond acceptors (Lipinski definition) is 3. The Kier molecular flexibility index (Phi) is 2.05. The second-order valence-electron chi connectivity index (χ2n) is 1.89. The lowest BCUT2D eigenvalue weighted by molar-refractivity contribution is 0.633. The maximum Gasteiger partial charge on any atom is 0.166 e. The first-order chi connectivity index (χ1) is 5.16. The van der Waals surface area contributed by atoms with Gasteiger partial charge in [0.1, 0.15) is 5.69 Å². The third kappa shape index (κ3) is 1.30. The van der Waals surface area contributed by atoms with E-state index in [-0.39, 0.29) is 16.4 Å². The van der Waals surface area contributed by atoms with Gasteiger partial charge >= 0.3 is 0 Å². The Morgan fingerprint density at radius 2 is 2.18 bits per heavy atom. The molecule has 11 heavy (non-hydrogen) atoms. The molecule has 0 aliphatic rings. The molecule has 0 saturated carbocycles. The second kappa shape index (κ2) is 2.84. The molecule has 0 unspecified atom stereocenters. The van der Waals surface area contributed by atoms with Crippen LogP contribution in [0, 0.1) is 10.7 Å². The third-order valence-electron chi connectivity index (χ3n) is 1.21. The maximum absolute atomic E-state index is 12.7. The number of anilines is 1. The highest BCUT2D eigenvalue weighted by Crippen LogP contribution is 2.29. The molecular formula is C6H4ClFN2O. The zero-order valence-corrected chi connectivity index (χ0v) is 6.10. The van der Waals surface area contributed by atoms with E-state index < -0.39 is 5.82 Å². The molecule has 0 aromatic heterocycles. The average molecular weight is 175 g/mol. The highest BCUT2D eigenvalue weighted by atomic mass is 35.5. The number of benzene rings is 1. The number of halogens is 2. The fourth-order valence-electron chi connectivity index (χ4n) is 0.636. The molecule has 0 aliphatic heterocycles. The summed E-state index contributed by atoms with van der Waals surface area (Å²) in [5.41, 5.74) is 4.70. The Morgan fingerprint density at radius 1 is 1.55 bits per heavy atom. The zero-order chi connectivity index (χ0) is 8.43. The molecular weight excluding hydrogens is 171 g/mol. The topological polar surface area (TPSA) is 55.4 Å². The predicted molar refractivity (Wildman–Crippen MR) is 41.3 cm³/mol. The summed E-state index contributed by atoms with van der Waals surface area (Å²) in [5.74, 6) is -0.802. The third-order valence-corrected chi connectivity index (χ3v) is 1.50. The number of nitroso groups, excluding NO2 is 1. The summed E-state index contributed by atoms with van der Waals surface area (Å²) < 4.78 is 12.7. The van der Waals surface area contributed by atoms with Crippen LogP contribution < -0.4 is 5.73 Å². The SMILES string of the molecule is Nc1c(N=O)ccc(Cl)c1F. The summed E-state index contributed by atoms with van der Waals surface area (Å²) in [6, 6.07) is 2.48. The normalized spacial score (nSPS) is 9.64. The van der Waals surface area contributed by atoms with Crippen LogP contribution >= 0.6 is 11.6 Å². The molecule has 0 atom stereocenters. The van der Waals surface area contributed by atoms with Crippen molar-refractivity contribution in [3.05, 3.63) is 27.9 Å². The van der Waals surface area contributed by atoms with Crippen molar-refractivity contribution in [2.75, 3.05) is 5.73 Å². The van der Waals surface area contributed by atoms with Crippen molar-refractivity contribution in [3.63, 3.8) is 0 Å². The standard InChI is InChI=1S/C6H4ClFN2O/c7-3-1-2-4(10-11)6(9)5(3)8/h1-2H,9H2. The largest absolute Gasteiger partial charge is 0.394 e. The van der Waals surface area contributed by atoms with Gasteiger partial charge in [0.05, 0.1) is 10.7 Å². The quantitative estimate of drug-likeness (QED) is 0.525. The molecule has 0 heterocycles. The summed E-state index contributed by atoms with van der Waals surface area (Å²) in [7, 11) is 0. The van der Waals surface area contributed by atoms with Gasteiger partial charge in [0.15, 0.2) is 5.82 Å². The molecule has 0 saturated heterocycles. The number of nitrogen functional groups attached to an aromatic ring is 1. The van der Waals surface area contributed by atoms with Gasteiger partial charge in [0.25, 0.3) is 0 Å². The summed E-state index contributed by atoms with van der Waals surface area (Å²) in [6.45, 7) is 0. The van der Waals surface area contributed by atoms with Crippen molar-refractivity contribution >= 4 is 23.0 Å². The van der Waals surface area contributed by atoms with Crippen molar-refractivity contribution in [2.45, 2.75) is 0 Å². The molecule has 58 valence electrons. The van der Waals surface area contributed by atoms with Gasteiger partial charge in [-0.05, 0) is 17.3 Å². The van der Waals surface area contributed by atoms with Crippen LogP contribution in [0.1, 0.15) is 0 Å². The molecule has 0 spiro atoms. The molecule has 1 aromatic rings. The molecule has 2 N–H and O–H groups in total. The Balaban J connectivity index is 3.36. The van der Waals surface area contributed by atoms with E-state index in [9.17, 15) is 9.30 Å². The van der Waals surface area contributed by atoms with E-state index in [4.69, 9.17) is 17.3 Å². The van der Waals surface area contributed by atoms with Crippen molar-refractivity contribution in [1.82, 2.24) is 0 Å². The van der Waals surface area contributed by atoms with E-state index in [0.29, 0.717) is 0 Å². The molecule has 0 aliphatic carbocycles. The summed E-state index contributed by atoms with van der Waals surface area (Å²) in [6.07, 6.45) is 0. The van der Waals surface area contributed by atoms with E-state index in [1.165, 1.54) is 12.1 Å². The molecule has 0 amide bonds. The van der Waals surface area contributed by atoms with Crippen LogP contribution in [0.2, 0.25) is 5.02 Å². The lowest BCUT2D eigenvalue weighted by Gasteiger charge is -1.98. The molecule has 5 heteroatoms. The van der Waals surface area contributed by atoms with Gasteiger partial charge in [0, 0.05) is 0 Å². The first-order valence-electron chi connectivity index (χ1n) is 2.73. The first-order valence-corrected chi connectivity index (χ1v) is 3.11. The lowest BCUT2D eigenvalue weighted by Crippen LogP contribution is -1.90. The van der Waals surface area contributed by atoms with Gasteiger partial charge in [0.2, 0.25) is 0 Å². The Bertz CT molecular complexity index is 303. The summed E-state index contributed by atoms with van der Waals surface area (Å²) in [5, 5.41) is 2.38. The van der Waals surface area contributed by atoms with E-state index in [2.05, 4.69) is 5.18 Å². The van der Waals surface area contributed by atoms with Crippen molar-refractivity contribution in [3.8, 4) is 0 Å². The average Bonchev–Trinajstić information content (AvgIpc) is 2.01. The smallest absolute Gasteiger partial charge is 0.166 e. The van der Waals surface area contributed by atoms with Gasteiger partial charge in [-0.25, -0.2) is 4.39 Å². The predicted octanol–water partition coefficient (Wildman–Crippen LogP) is 2.46. The zero-order valence-electron chi connectivity index (χ0n) is 5.34. The van der Waals surface area contributed by atoms with Crippen LogP contribution in [-0.2, 0) is 0 Å². The van der Waals surface area contributed by atoms with Crippen LogP contribution in [-0.4, -0.2) is 0 Å². The van der Waals surface area contributed by atoms with Crippen molar-refractivity contribution in [1.29, 1.82) is 0 Å². The monoisotopic (exact) mass is 174 g/mol. The second-order valence-corrected chi connectivity index (χ2v) is 2.29. The molecule has 1 aromatic carbocycles. The number of nitrogens with two attached hydrogens (primary N) is 1. The Labute approximate surface area is 66.9 Å². The molecule has 1 rings (SSSR count). The molecule has 0 bridgehead atoms. The minimum absolute atomic E-state index is 0.116. The van der Waals surface area contributed by atoms with Crippen LogP contribution in [0.5, 0.6) is 0 Å². The van der Waals surface area contributed by atoms with Crippen LogP contribution in [0.25, 0.3) is 0 Å². The minimum Gasteiger partial charge on any atom is -0.394 e. The van der Waals surface area contributed by atoms with Crippen molar-refractivity contribution < 1.29 is 4.39 Å².